The molecule has 0 aliphatic heterocycles. The molecule has 0 bridgehead atoms. The Morgan fingerprint density at radius 1 is 0.786 bits per heavy atom. The molecule has 0 heterocycles. The molecule has 0 spiro atoms. The van der Waals surface area contributed by atoms with Crippen LogP contribution in [0.25, 0.3) is 0 Å². The molecule has 0 saturated heterocycles. The van der Waals surface area contributed by atoms with Crippen molar-refractivity contribution in [2.24, 2.45) is 0 Å². The lowest BCUT2D eigenvalue weighted by Crippen LogP contribution is -2.43. The van der Waals surface area contributed by atoms with E-state index in [-0.39, 0.29) is 0 Å². The molecule has 0 amide bonds. The van der Waals surface area contributed by atoms with Gasteiger partial charge in [-0.05, 0) is 0 Å². The lowest BCUT2D eigenvalue weighted by atomic mass is 10.7. The molecule has 86 valence electrons. The number of hydrogen-bond acceptors (Lipinski definition) is 5. The number of rotatable bonds is 9. The van der Waals surface area contributed by atoms with E-state index in [0.717, 1.165) is 0 Å². The maximum absolute atomic E-state index is 5.30. The zero-order chi connectivity index (χ0) is 10.9. The molecule has 14 heavy (non-hydrogen) atoms. The van der Waals surface area contributed by atoms with Crippen LogP contribution >= 0.6 is 0 Å². The van der Waals surface area contributed by atoms with E-state index in [4.69, 9.17) is 22.8 Å². The molecular formula is C8H20O5Si. The molecular weight excluding hydrogens is 204 g/mol. The Balaban J connectivity index is 3.61. The van der Waals surface area contributed by atoms with Crippen LogP contribution in [0.5, 0.6) is 0 Å². The molecule has 0 unspecified atom stereocenters. The topological polar surface area (TPSA) is 46.2 Å². The Bertz CT molecular complexity index is 121. The summed E-state index contributed by atoms with van der Waals surface area (Å²) in [5, 5.41) is 0. The molecule has 0 aromatic carbocycles. The second-order valence-electron chi connectivity index (χ2n) is 2.65. The fraction of sp³-hybridized carbons (Fsp3) is 1.00. The summed E-state index contributed by atoms with van der Waals surface area (Å²) in [5.74, 6) is 0. The van der Waals surface area contributed by atoms with E-state index in [9.17, 15) is 0 Å². The summed E-state index contributed by atoms with van der Waals surface area (Å²) in [4.78, 5) is 0. The van der Waals surface area contributed by atoms with Crippen molar-refractivity contribution in [2.45, 2.75) is 6.04 Å². The smallest absolute Gasteiger partial charge is 0.382 e. The molecule has 0 aromatic heterocycles. The molecule has 0 saturated carbocycles. The highest BCUT2D eigenvalue weighted by atomic mass is 28.4. The third-order valence-corrected chi connectivity index (χ3v) is 4.60. The summed E-state index contributed by atoms with van der Waals surface area (Å²) in [6.45, 7) is 1.74. The Morgan fingerprint density at radius 3 is 1.79 bits per heavy atom. The minimum atomic E-state index is -2.44. The average molecular weight is 224 g/mol. The predicted molar refractivity (Wildman–Crippen MR) is 54.3 cm³/mol. The highest BCUT2D eigenvalue weighted by molar-refractivity contribution is 6.60. The van der Waals surface area contributed by atoms with Crippen molar-refractivity contribution in [1.82, 2.24) is 0 Å². The predicted octanol–water partition coefficient (Wildman–Crippen LogP) is 0.527. The fourth-order valence-corrected chi connectivity index (χ4v) is 2.50. The van der Waals surface area contributed by atoms with Gasteiger partial charge in [-0.25, -0.2) is 0 Å². The maximum atomic E-state index is 5.30. The third kappa shape index (κ3) is 5.04. The highest BCUT2D eigenvalue weighted by Gasteiger charge is 2.37. The zero-order valence-electron chi connectivity index (χ0n) is 9.37. The Labute approximate surface area is 86.6 Å². The van der Waals surface area contributed by atoms with Gasteiger partial charge in [0.15, 0.2) is 0 Å². The van der Waals surface area contributed by atoms with Crippen LogP contribution in [0.4, 0.5) is 0 Å². The first-order chi connectivity index (χ1) is 6.74. The van der Waals surface area contributed by atoms with Gasteiger partial charge in [0, 0.05) is 34.5 Å². The van der Waals surface area contributed by atoms with Gasteiger partial charge in [-0.3, -0.25) is 0 Å². The summed E-state index contributed by atoms with van der Waals surface area (Å²) in [6, 6.07) is 0.653. The van der Waals surface area contributed by atoms with Gasteiger partial charge in [-0.2, -0.15) is 0 Å². The molecule has 0 rings (SSSR count). The Kier molecular flexibility index (Phi) is 8.35. The fourth-order valence-electron chi connectivity index (χ4n) is 0.998. The van der Waals surface area contributed by atoms with E-state index < -0.39 is 8.80 Å². The summed E-state index contributed by atoms with van der Waals surface area (Å²) >= 11 is 0. The lowest BCUT2D eigenvalue weighted by molar-refractivity contribution is 0.0630. The number of methoxy groups -OCH3 is 1. The minimum absolute atomic E-state index is 0.561. The largest absolute Gasteiger partial charge is 0.502 e. The van der Waals surface area contributed by atoms with Crippen molar-refractivity contribution in [3.8, 4) is 0 Å². The van der Waals surface area contributed by atoms with Crippen LogP contribution in [0.1, 0.15) is 0 Å². The van der Waals surface area contributed by atoms with Crippen LogP contribution in [0.2, 0.25) is 6.04 Å². The van der Waals surface area contributed by atoms with Gasteiger partial charge in [-0.1, -0.05) is 0 Å². The van der Waals surface area contributed by atoms with E-state index in [1.165, 1.54) is 0 Å². The van der Waals surface area contributed by atoms with Gasteiger partial charge in [0.05, 0.1) is 19.8 Å². The number of ether oxygens (including phenoxy) is 2. The van der Waals surface area contributed by atoms with Crippen molar-refractivity contribution in [3.63, 3.8) is 0 Å². The van der Waals surface area contributed by atoms with Gasteiger partial charge < -0.3 is 22.8 Å². The monoisotopic (exact) mass is 224 g/mol. The van der Waals surface area contributed by atoms with Crippen LogP contribution in [-0.4, -0.2) is 57.1 Å². The quantitative estimate of drug-likeness (QED) is 0.422. The second kappa shape index (κ2) is 8.34. The Hall–Kier alpha value is 0.0169. The van der Waals surface area contributed by atoms with E-state index in [2.05, 4.69) is 0 Å². The standard InChI is InChI=1S/C8H20O5Si/c1-9-5-6-13-7-8-14(10-2,11-3)12-4/h5-8H2,1-4H3. The van der Waals surface area contributed by atoms with Crippen LogP contribution < -0.4 is 0 Å². The molecule has 0 aliphatic rings. The van der Waals surface area contributed by atoms with Crippen LogP contribution in [0.3, 0.4) is 0 Å². The molecule has 5 nitrogen and oxygen atoms in total. The van der Waals surface area contributed by atoms with E-state index in [1.54, 1.807) is 28.4 Å². The zero-order valence-corrected chi connectivity index (χ0v) is 10.4. The van der Waals surface area contributed by atoms with Crippen molar-refractivity contribution in [2.75, 3.05) is 48.3 Å². The van der Waals surface area contributed by atoms with Crippen molar-refractivity contribution in [1.29, 1.82) is 0 Å². The van der Waals surface area contributed by atoms with Crippen LogP contribution in [-0.2, 0) is 22.8 Å². The first kappa shape index (κ1) is 14.0. The summed E-state index contributed by atoms with van der Waals surface area (Å²) < 4.78 is 25.8. The molecule has 6 heteroatoms. The first-order valence-electron chi connectivity index (χ1n) is 4.46. The van der Waals surface area contributed by atoms with Crippen LogP contribution in [0.15, 0.2) is 0 Å². The Morgan fingerprint density at radius 2 is 1.36 bits per heavy atom. The molecule has 0 aliphatic carbocycles. The molecule has 0 fully saturated rings. The van der Waals surface area contributed by atoms with E-state index in [0.29, 0.717) is 25.9 Å². The normalized spacial score (nSPS) is 12.0. The molecule has 0 N–H and O–H groups in total. The first-order valence-corrected chi connectivity index (χ1v) is 6.40. The van der Waals surface area contributed by atoms with Crippen molar-refractivity contribution >= 4 is 8.80 Å². The van der Waals surface area contributed by atoms with Gasteiger partial charge in [-0.15, -0.1) is 0 Å². The molecule has 0 aromatic rings. The maximum Gasteiger partial charge on any atom is 0.502 e. The highest BCUT2D eigenvalue weighted by Crippen LogP contribution is 2.11. The van der Waals surface area contributed by atoms with Gasteiger partial charge in [0.25, 0.3) is 0 Å². The summed E-state index contributed by atoms with van der Waals surface area (Å²) in [6.07, 6.45) is 0. The third-order valence-electron chi connectivity index (χ3n) is 1.92. The molecule has 0 atom stereocenters. The second-order valence-corrected chi connectivity index (χ2v) is 5.74. The average Bonchev–Trinajstić information content (AvgIpc) is 2.24. The summed E-state index contributed by atoms with van der Waals surface area (Å²) in [7, 11) is 3.97. The SMILES string of the molecule is COCCOCC[Si](OC)(OC)OC. The summed E-state index contributed by atoms with van der Waals surface area (Å²) in [5.41, 5.74) is 0. The van der Waals surface area contributed by atoms with Gasteiger partial charge in [0.1, 0.15) is 0 Å². The van der Waals surface area contributed by atoms with E-state index in [1.807, 2.05) is 0 Å². The van der Waals surface area contributed by atoms with Gasteiger partial charge in [0.2, 0.25) is 0 Å². The number of hydrogen-bond donors (Lipinski definition) is 0. The minimum Gasteiger partial charge on any atom is -0.382 e. The van der Waals surface area contributed by atoms with Gasteiger partial charge >= 0.3 is 8.80 Å². The molecule has 0 radical (unpaired) electrons. The van der Waals surface area contributed by atoms with Crippen LogP contribution in [0, 0.1) is 0 Å². The lowest BCUT2D eigenvalue weighted by Gasteiger charge is -2.23. The van der Waals surface area contributed by atoms with Crippen molar-refractivity contribution < 1.29 is 22.8 Å². The van der Waals surface area contributed by atoms with E-state index >= 15 is 0 Å². The van der Waals surface area contributed by atoms with Crippen molar-refractivity contribution in [3.05, 3.63) is 0 Å².